The first-order valence-corrected chi connectivity index (χ1v) is 6.10. The molecule has 1 aromatic heterocycles. The molecular weight excluding hydrogens is 212 g/mol. The van der Waals surface area contributed by atoms with Crippen LogP contribution in [0.3, 0.4) is 0 Å². The number of likely N-dealkylation sites (N-methyl/N-ethyl adjacent to an activating group) is 1. The predicted octanol–water partition coefficient (Wildman–Crippen LogP) is 2.73. The summed E-state index contributed by atoms with van der Waals surface area (Å²) < 4.78 is 5.48. The molecule has 0 spiro atoms. The summed E-state index contributed by atoms with van der Waals surface area (Å²) in [4.78, 5) is 5.93. The Balaban J connectivity index is 2.28. The number of nitrogens with one attached hydrogen (secondary N) is 1. The number of methoxy groups -OCH3 is 1. The van der Waals surface area contributed by atoms with Crippen LogP contribution in [0.1, 0.15) is 24.2 Å². The van der Waals surface area contributed by atoms with Gasteiger partial charge in [0, 0.05) is 29.2 Å². The van der Waals surface area contributed by atoms with Crippen LogP contribution in [-0.4, -0.2) is 30.6 Å². The molecular formula is C14H18N2O. The van der Waals surface area contributed by atoms with Crippen LogP contribution >= 0.6 is 0 Å². The molecule has 1 N–H and O–H groups in total. The van der Waals surface area contributed by atoms with Gasteiger partial charge in [0.15, 0.2) is 0 Å². The van der Waals surface area contributed by atoms with E-state index in [1.54, 1.807) is 7.11 Å². The first-order valence-electron chi connectivity index (χ1n) is 6.10. The molecule has 0 amide bonds. The van der Waals surface area contributed by atoms with Crippen molar-refractivity contribution in [1.29, 1.82) is 0 Å². The second kappa shape index (κ2) is 3.77. The summed E-state index contributed by atoms with van der Waals surface area (Å²) in [5.41, 5.74) is 3.97. The molecule has 1 unspecified atom stereocenters. The molecule has 2 aromatic rings. The van der Waals surface area contributed by atoms with E-state index in [0.29, 0.717) is 6.04 Å². The van der Waals surface area contributed by atoms with Gasteiger partial charge in [-0.25, -0.2) is 0 Å². The number of H-pyrrole nitrogens is 1. The molecule has 0 aliphatic carbocycles. The van der Waals surface area contributed by atoms with E-state index in [0.717, 1.165) is 18.7 Å². The largest absolute Gasteiger partial charge is 0.496 e. The van der Waals surface area contributed by atoms with Crippen LogP contribution in [-0.2, 0) is 6.42 Å². The minimum Gasteiger partial charge on any atom is -0.496 e. The fraction of sp³-hybridized carbons (Fsp3) is 0.429. The van der Waals surface area contributed by atoms with Gasteiger partial charge in [0.2, 0.25) is 0 Å². The molecule has 0 saturated carbocycles. The maximum Gasteiger partial charge on any atom is 0.128 e. The summed E-state index contributed by atoms with van der Waals surface area (Å²) in [5, 5.41) is 1.27. The lowest BCUT2D eigenvalue weighted by Crippen LogP contribution is -2.30. The summed E-state index contributed by atoms with van der Waals surface area (Å²) in [7, 11) is 3.92. The van der Waals surface area contributed by atoms with E-state index in [1.807, 2.05) is 12.1 Å². The average molecular weight is 230 g/mol. The summed E-state index contributed by atoms with van der Waals surface area (Å²) >= 11 is 0. The number of rotatable bonds is 1. The molecule has 0 saturated heterocycles. The van der Waals surface area contributed by atoms with Gasteiger partial charge in [0.1, 0.15) is 5.75 Å². The standard InChI is InChI=1S/C14H18N2O/c1-9-14-10(7-8-16(9)2)13-11(15-14)5-4-6-12(13)17-3/h4-6,9,15H,7-8H2,1-3H3. The Labute approximate surface area is 101 Å². The third-order valence-electron chi connectivity index (χ3n) is 3.94. The van der Waals surface area contributed by atoms with Crippen molar-refractivity contribution in [2.45, 2.75) is 19.4 Å². The minimum absolute atomic E-state index is 0.454. The zero-order chi connectivity index (χ0) is 12.0. The van der Waals surface area contributed by atoms with E-state index in [4.69, 9.17) is 4.74 Å². The summed E-state index contributed by atoms with van der Waals surface area (Å²) in [5.74, 6) is 0.983. The van der Waals surface area contributed by atoms with E-state index in [9.17, 15) is 0 Å². The fourth-order valence-electron chi connectivity index (χ4n) is 2.79. The van der Waals surface area contributed by atoms with Crippen LogP contribution in [0.25, 0.3) is 10.9 Å². The number of hydrogen-bond acceptors (Lipinski definition) is 2. The van der Waals surface area contributed by atoms with E-state index in [1.165, 1.54) is 22.2 Å². The lowest BCUT2D eigenvalue weighted by atomic mass is 9.98. The highest BCUT2D eigenvalue weighted by Crippen LogP contribution is 2.37. The Morgan fingerprint density at radius 1 is 1.41 bits per heavy atom. The number of nitrogens with zero attached hydrogens (tertiary/aromatic N) is 1. The first kappa shape index (κ1) is 10.7. The molecule has 1 atom stereocenters. The maximum atomic E-state index is 5.48. The second-order valence-electron chi connectivity index (χ2n) is 4.81. The van der Waals surface area contributed by atoms with Crippen LogP contribution in [0.15, 0.2) is 18.2 Å². The number of hydrogen-bond donors (Lipinski definition) is 1. The lowest BCUT2D eigenvalue weighted by Gasteiger charge is -2.29. The van der Waals surface area contributed by atoms with Crippen molar-refractivity contribution in [2.75, 3.05) is 20.7 Å². The van der Waals surface area contributed by atoms with Crippen molar-refractivity contribution >= 4 is 10.9 Å². The van der Waals surface area contributed by atoms with Crippen LogP contribution in [0.4, 0.5) is 0 Å². The predicted molar refractivity (Wildman–Crippen MR) is 69.6 cm³/mol. The molecule has 2 heterocycles. The maximum absolute atomic E-state index is 5.48. The smallest absolute Gasteiger partial charge is 0.128 e. The van der Waals surface area contributed by atoms with Crippen molar-refractivity contribution < 1.29 is 4.74 Å². The quantitative estimate of drug-likeness (QED) is 0.816. The highest BCUT2D eigenvalue weighted by Gasteiger charge is 2.25. The Morgan fingerprint density at radius 2 is 2.24 bits per heavy atom. The third kappa shape index (κ3) is 1.46. The van der Waals surface area contributed by atoms with Gasteiger partial charge in [-0.2, -0.15) is 0 Å². The molecule has 0 bridgehead atoms. The van der Waals surface area contributed by atoms with Crippen molar-refractivity contribution in [3.63, 3.8) is 0 Å². The number of aromatic nitrogens is 1. The van der Waals surface area contributed by atoms with Crippen molar-refractivity contribution in [2.24, 2.45) is 0 Å². The zero-order valence-electron chi connectivity index (χ0n) is 10.6. The fourth-order valence-corrected chi connectivity index (χ4v) is 2.79. The number of ether oxygens (including phenoxy) is 1. The van der Waals surface area contributed by atoms with Crippen molar-refractivity contribution in [1.82, 2.24) is 9.88 Å². The van der Waals surface area contributed by atoms with Gasteiger partial charge in [-0.1, -0.05) is 6.07 Å². The molecule has 3 rings (SSSR count). The lowest BCUT2D eigenvalue weighted by molar-refractivity contribution is 0.244. The Morgan fingerprint density at radius 3 is 3.00 bits per heavy atom. The zero-order valence-corrected chi connectivity index (χ0v) is 10.6. The average Bonchev–Trinajstić information content (AvgIpc) is 2.73. The van der Waals surface area contributed by atoms with E-state index < -0.39 is 0 Å². The number of aromatic amines is 1. The Hall–Kier alpha value is -1.48. The van der Waals surface area contributed by atoms with Gasteiger partial charge in [-0.15, -0.1) is 0 Å². The third-order valence-corrected chi connectivity index (χ3v) is 3.94. The van der Waals surface area contributed by atoms with Crippen LogP contribution in [0, 0.1) is 0 Å². The normalized spacial score (nSPS) is 20.5. The van der Waals surface area contributed by atoms with Gasteiger partial charge in [0.05, 0.1) is 7.11 Å². The van der Waals surface area contributed by atoms with Crippen molar-refractivity contribution in [3.8, 4) is 5.75 Å². The van der Waals surface area contributed by atoms with Crippen LogP contribution in [0.5, 0.6) is 5.75 Å². The van der Waals surface area contributed by atoms with Gasteiger partial charge in [-0.3, -0.25) is 4.90 Å². The summed E-state index contributed by atoms with van der Waals surface area (Å²) in [6.45, 7) is 3.36. The monoisotopic (exact) mass is 230 g/mol. The summed E-state index contributed by atoms with van der Waals surface area (Å²) in [6.07, 6.45) is 1.09. The molecule has 0 radical (unpaired) electrons. The van der Waals surface area contributed by atoms with Crippen LogP contribution in [0.2, 0.25) is 0 Å². The van der Waals surface area contributed by atoms with Crippen molar-refractivity contribution in [3.05, 3.63) is 29.5 Å². The number of fused-ring (bicyclic) bond motifs is 3. The molecule has 3 nitrogen and oxygen atoms in total. The molecule has 17 heavy (non-hydrogen) atoms. The van der Waals surface area contributed by atoms with Gasteiger partial charge >= 0.3 is 0 Å². The topological polar surface area (TPSA) is 28.3 Å². The van der Waals surface area contributed by atoms with E-state index >= 15 is 0 Å². The highest BCUT2D eigenvalue weighted by molar-refractivity contribution is 5.91. The molecule has 3 heteroatoms. The van der Waals surface area contributed by atoms with Gasteiger partial charge < -0.3 is 9.72 Å². The molecule has 1 aromatic carbocycles. The Bertz CT molecular complexity index is 559. The van der Waals surface area contributed by atoms with Gasteiger partial charge in [0.25, 0.3) is 0 Å². The SMILES string of the molecule is COc1cccc2[nH]c3c(c12)CCN(C)C3C. The first-order chi connectivity index (χ1) is 8.22. The number of benzene rings is 1. The Kier molecular flexibility index (Phi) is 2.37. The minimum atomic E-state index is 0.454. The van der Waals surface area contributed by atoms with E-state index in [-0.39, 0.29) is 0 Å². The highest BCUT2D eigenvalue weighted by atomic mass is 16.5. The molecule has 1 aliphatic rings. The van der Waals surface area contributed by atoms with Crippen LogP contribution < -0.4 is 4.74 Å². The summed E-state index contributed by atoms with van der Waals surface area (Å²) in [6, 6.07) is 6.66. The second-order valence-corrected chi connectivity index (χ2v) is 4.81. The molecule has 90 valence electrons. The molecule has 1 aliphatic heterocycles. The van der Waals surface area contributed by atoms with E-state index in [2.05, 4.69) is 29.9 Å². The van der Waals surface area contributed by atoms with Gasteiger partial charge in [-0.05, 0) is 38.1 Å². The molecule has 0 fully saturated rings.